The van der Waals surface area contributed by atoms with E-state index in [1.807, 2.05) is 0 Å². The minimum atomic E-state index is -1.54. The molecule has 0 amide bonds. The van der Waals surface area contributed by atoms with Crippen molar-refractivity contribution in [2.45, 2.75) is 269 Å². The summed E-state index contributed by atoms with van der Waals surface area (Å²) < 4.78 is 22.9. The number of unbranched alkanes of at least 4 members (excludes halogenated alkanes) is 28. The van der Waals surface area contributed by atoms with Crippen molar-refractivity contribution in [3.8, 4) is 0 Å². The van der Waals surface area contributed by atoms with Crippen LogP contribution in [0.15, 0.2) is 36.5 Å². The highest BCUT2D eigenvalue weighted by atomic mass is 16.7. The Balaban J connectivity index is 2.16. The molecule has 364 valence electrons. The molecule has 0 aromatic heterocycles. The second kappa shape index (κ2) is 44.6. The Labute approximate surface area is 380 Å². The molecule has 0 bridgehead atoms. The van der Waals surface area contributed by atoms with Gasteiger partial charge in [0.15, 0.2) is 6.29 Å². The lowest BCUT2D eigenvalue weighted by molar-refractivity contribution is -0.305. The molecule has 1 rings (SSSR count). The van der Waals surface area contributed by atoms with Gasteiger partial charge in [-0.05, 0) is 70.6 Å². The predicted molar refractivity (Wildman–Crippen MR) is 256 cm³/mol. The molecule has 4 N–H and O–H groups in total. The van der Waals surface area contributed by atoms with E-state index in [0.717, 1.165) is 38.5 Å². The maximum atomic E-state index is 12.8. The van der Waals surface area contributed by atoms with E-state index >= 15 is 0 Å². The number of aliphatic hydroxyl groups excluding tert-OH is 4. The van der Waals surface area contributed by atoms with Gasteiger partial charge < -0.3 is 39.4 Å². The molecule has 1 aliphatic heterocycles. The van der Waals surface area contributed by atoms with Gasteiger partial charge in [-0.1, -0.05) is 192 Å². The summed E-state index contributed by atoms with van der Waals surface area (Å²) in [6.45, 7) is 4.55. The number of aliphatic hydroxyl groups is 4. The van der Waals surface area contributed by atoms with Crippen LogP contribution in [0.2, 0.25) is 0 Å². The molecule has 6 unspecified atom stereocenters. The molecule has 1 fully saturated rings. The van der Waals surface area contributed by atoms with Crippen molar-refractivity contribution in [3.05, 3.63) is 36.5 Å². The van der Waals surface area contributed by atoms with Gasteiger partial charge in [-0.15, -0.1) is 0 Å². The van der Waals surface area contributed by atoms with Crippen LogP contribution in [0.4, 0.5) is 0 Å². The van der Waals surface area contributed by atoms with Crippen LogP contribution in [0.3, 0.4) is 0 Å². The fourth-order valence-electron chi connectivity index (χ4n) is 7.93. The summed E-state index contributed by atoms with van der Waals surface area (Å²) in [4.78, 5) is 12.8. The Morgan fingerprint density at radius 2 is 0.935 bits per heavy atom. The van der Waals surface area contributed by atoms with Crippen molar-refractivity contribution < 1.29 is 44.2 Å². The Morgan fingerprint density at radius 1 is 0.516 bits per heavy atom. The smallest absolute Gasteiger partial charge is 0.306 e. The molecule has 0 aliphatic carbocycles. The van der Waals surface area contributed by atoms with Crippen molar-refractivity contribution >= 4 is 5.97 Å². The Kier molecular flexibility index (Phi) is 42.0. The first-order chi connectivity index (χ1) is 30.4. The summed E-state index contributed by atoms with van der Waals surface area (Å²) >= 11 is 0. The molecular formula is C53H98O9. The van der Waals surface area contributed by atoms with Crippen molar-refractivity contribution in [2.24, 2.45) is 0 Å². The van der Waals surface area contributed by atoms with E-state index in [1.165, 1.54) is 173 Å². The number of ether oxygens (including phenoxy) is 4. The van der Waals surface area contributed by atoms with Crippen molar-refractivity contribution in [3.63, 3.8) is 0 Å². The molecule has 0 aromatic rings. The van der Waals surface area contributed by atoms with E-state index in [-0.39, 0.29) is 19.2 Å². The number of hydrogen-bond donors (Lipinski definition) is 4. The first-order valence-electron chi connectivity index (χ1n) is 26.1. The molecule has 0 saturated carbocycles. The lowest BCUT2D eigenvalue weighted by Gasteiger charge is -2.39. The van der Waals surface area contributed by atoms with Crippen LogP contribution in [0.5, 0.6) is 0 Å². The van der Waals surface area contributed by atoms with Gasteiger partial charge >= 0.3 is 5.97 Å². The fraction of sp³-hybridized carbons (Fsp3) is 0.868. The van der Waals surface area contributed by atoms with Gasteiger partial charge in [-0.2, -0.15) is 0 Å². The van der Waals surface area contributed by atoms with E-state index in [9.17, 15) is 25.2 Å². The van der Waals surface area contributed by atoms with Gasteiger partial charge in [0, 0.05) is 13.0 Å². The largest absolute Gasteiger partial charge is 0.457 e. The molecular weight excluding hydrogens is 781 g/mol. The van der Waals surface area contributed by atoms with Crippen molar-refractivity contribution in [1.82, 2.24) is 0 Å². The number of carbonyl (C=O) groups is 1. The number of rotatable bonds is 45. The molecule has 1 heterocycles. The molecule has 9 heteroatoms. The summed E-state index contributed by atoms with van der Waals surface area (Å²) in [6.07, 6.45) is 47.5. The van der Waals surface area contributed by atoms with Crippen LogP contribution < -0.4 is 0 Å². The standard InChI is InChI=1S/C53H98O9/c1-3-5-7-9-11-13-15-17-19-20-21-22-23-24-25-26-27-28-29-30-32-34-36-38-40-42-49(55)61-47(46-60-53-52(58)51(57)50(56)48(44-54)62-53)45-59-43-41-39-37-35-33-31-18-16-14-12-10-8-6-4-2/h14-17,20-21,47-48,50-54,56-58H,3-13,18-19,22-46H2,1-2H3/b16-14-,17-15-,21-20-. The Bertz CT molecular complexity index is 1050. The molecule has 62 heavy (non-hydrogen) atoms. The molecule has 9 nitrogen and oxygen atoms in total. The molecule has 1 aliphatic rings. The van der Waals surface area contributed by atoms with E-state index < -0.39 is 43.4 Å². The monoisotopic (exact) mass is 879 g/mol. The molecule has 6 atom stereocenters. The van der Waals surface area contributed by atoms with Crippen LogP contribution in [-0.4, -0.2) is 89.6 Å². The maximum Gasteiger partial charge on any atom is 0.306 e. The summed E-state index contributed by atoms with van der Waals surface area (Å²) in [5.74, 6) is -0.315. The van der Waals surface area contributed by atoms with Gasteiger partial charge in [-0.25, -0.2) is 0 Å². The Morgan fingerprint density at radius 3 is 1.42 bits per heavy atom. The van der Waals surface area contributed by atoms with E-state index in [4.69, 9.17) is 18.9 Å². The van der Waals surface area contributed by atoms with Gasteiger partial charge in [-0.3, -0.25) is 4.79 Å². The van der Waals surface area contributed by atoms with Crippen LogP contribution >= 0.6 is 0 Å². The summed E-state index contributed by atoms with van der Waals surface area (Å²) in [6, 6.07) is 0. The van der Waals surface area contributed by atoms with Crippen LogP contribution in [0.25, 0.3) is 0 Å². The fourth-order valence-corrected chi connectivity index (χ4v) is 7.93. The van der Waals surface area contributed by atoms with Crippen molar-refractivity contribution in [2.75, 3.05) is 26.4 Å². The van der Waals surface area contributed by atoms with Gasteiger partial charge in [0.05, 0.1) is 19.8 Å². The zero-order chi connectivity index (χ0) is 45.0. The number of allylic oxidation sites excluding steroid dienone is 6. The SMILES string of the molecule is CCCCCC/C=C\CCCCCCCCOCC(COC1OC(CO)C(O)C(O)C1O)OC(=O)CCCCCCCCCCCCCCC/C=C\C/C=C\CCCCCCC. The van der Waals surface area contributed by atoms with E-state index in [1.54, 1.807) is 0 Å². The zero-order valence-corrected chi connectivity index (χ0v) is 40.1. The second-order valence-corrected chi connectivity index (χ2v) is 18.0. The van der Waals surface area contributed by atoms with E-state index in [0.29, 0.717) is 13.0 Å². The first-order valence-corrected chi connectivity index (χ1v) is 26.1. The summed E-state index contributed by atoms with van der Waals surface area (Å²) in [5.41, 5.74) is 0. The number of hydrogen-bond acceptors (Lipinski definition) is 9. The third kappa shape index (κ3) is 34.8. The minimum absolute atomic E-state index is 0.114. The average molecular weight is 879 g/mol. The van der Waals surface area contributed by atoms with Gasteiger partial charge in [0.1, 0.15) is 30.5 Å². The summed E-state index contributed by atoms with van der Waals surface area (Å²) in [7, 11) is 0. The number of esters is 1. The Hall–Kier alpha value is -1.59. The highest BCUT2D eigenvalue weighted by molar-refractivity contribution is 5.69. The van der Waals surface area contributed by atoms with Crippen LogP contribution in [-0.2, 0) is 23.7 Å². The quantitative estimate of drug-likeness (QED) is 0.0268. The molecule has 1 saturated heterocycles. The molecule has 0 spiro atoms. The number of carbonyl (C=O) groups excluding carboxylic acids is 1. The molecule has 0 aromatic carbocycles. The first kappa shape index (κ1) is 58.4. The highest BCUT2D eigenvalue weighted by Crippen LogP contribution is 2.23. The third-order valence-electron chi connectivity index (χ3n) is 12.0. The average Bonchev–Trinajstić information content (AvgIpc) is 3.27. The zero-order valence-electron chi connectivity index (χ0n) is 40.1. The highest BCUT2D eigenvalue weighted by Gasteiger charge is 2.44. The van der Waals surface area contributed by atoms with Crippen LogP contribution in [0.1, 0.15) is 232 Å². The van der Waals surface area contributed by atoms with E-state index in [2.05, 4.69) is 50.3 Å². The third-order valence-corrected chi connectivity index (χ3v) is 12.0. The second-order valence-electron chi connectivity index (χ2n) is 18.0. The molecule has 0 radical (unpaired) electrons. The lowest BCUT2D eigenvalue weighted by Crippen LogP contribution is -2.59. The van der Waals surface area contributed by atoms with Crippen molar-refractivity contribution in [1.29, 1.82) is 0 Å². The van der Waals surface area contributed by atoms with Gasteiger partial charge in [0.25, 0.3) is 0 Å². The van der Waals surface area contributed by atoms with Gasteiger partial charge in [0.2, 0.25) is 0 Å². The topological polar surface area (TPSA) is 135 Å². The normalized spacial score (nSPS) is 20.0. The maximum absolute atomic E-state index is 12.8. The minimum Gasteiger partial charge on any atom is -0.457 e. The lowest BCUT2D eigenvalue weighted by atomic mass is 9.99. The summed E-state index contributed by atoms with van der Waals surface area (Å²) in [5, 5.41) is 40.2. The predicted octanol–water partition coefficient (Wildman–Crippen LogP) is 12.7. The van der Waals surface area contributed by atoms with Crippen LogP contribution in [0, 0.1) is 0 Å².